The van der Waals surface area contributed by atoms with Crippen molar-refractivity contribution in [1.29, 1.82) is 0 Å². The molecule has 1 amide bonds. The van der Waals surface area contributed by atoms with E-state index in [1.807, 2.05) is 36.4 Å². The minimum atomic E-state index is -3.63. The summed E-state index contributed by atoms with van der Waals surface area (Å²) in [6, 6.07) is 19.9. The van der Waals surface area contributed by atoms with Crippen molar-refractivity contribution in [2.24, 2.45) is 0 Å². The second-order valence-electron chi connectivity index (χ2n) is 9.77. The van der Waals surface area contributed by atoms with Gasteiger partial charge in [-0.2, -0.15) is 0 Å². The summed E-state index contributed by atoms with van der Waals surface area (Å²) in [5, 5.41) is 2.93. The molecule has 0 radical (unpaired) electrons. The van der Waals surface area contributed by atoms with Crippen LogP contribution in [0.15, 0.2) is 76.0 Å². The number of rotatable bonds is 12. The highest BCUT2D eigenvalue weighted by Crippen LogP contribution is 2.21. The summed E-state index contributed by atoms with van der Waals surface area (Å²) in [6.07, 6.45) is 4.66. The van der Waals surface area contributed by atoms with Crippen molar-refractivity contribution >= 4 is 32.7 Å². The van der Waals surface area contributed by atoms with E-state index in [1.165, 1.54) is 6.42 Å². The number of nitrogens with zero attached hydrogens (tertiary/aromatic N) is 1. The van der Waals surface area contributed by atoms with Crippen molar-refractivity contribution in [1.82, 2.24) is 9.71 Å². The van der Waals surface area contributed by atoms with Gasteiger partial charge in [-0.15, -0.1) is 0 Å². The van der Waals surface area contributed by atoms with Gasteiger partial charge in [-0.05, 0) is 72.4 Å². The molecule has 7 nitrogen and oxygen atoms in total. The molecule has 0 aliphatic carbocycles. The third kappa shape index (κ3) is 7.08. The molecule has 4 aromatic rings. The monoisotopic (exact) mass is 533 g/mol. The van der Waals surface area contributed by atoms with Gasteiger partial charge in [0.15, 0.2) is 11.5 Å². The van der Waals surface area contributed by atoms with Crippen molar-refractivity contribution < 1.29 is 17.6 Å². The highest BCUT2D eigenvalue weighted by atomic mass is 32.2. The minimum absolute atomic E-state index is 0.146. The van der Waals surface area contributed by atoms with Crippen molar-refractivity contribution in [3.8, 4) is 0 Å². The fourth-order valence-corrected chi connectivity index (χ4v) is 5.22. The molecule has 1 aromatic heterocycles. The van der Waals surface area contributed by atoms with Gasteiger partial charge < -0.3 is 9.73 Å². The summed E-state index contributed by atoms with van der Waals surface area (Å²) in [5.41, 5.74) is 4.58. The van der Waals surface area contributed by atoms with E-state index >= 15 is 0 Å². The van der Waals surface area contributed by atoms with Gasteiger partial charge in [0.1, 0.15) is 5.52 Å². The Balaban J connectivity index is 1.35. The molecular weight excluding hydrogens is 498 g/mol. The van der Waals surface area contributed by atoms with Crippen molar-refractivity contribution in [3.63, 3.8) is 0 Å². The molecule has 4 rings (SSSR count). The summed E-state index contributed by atoms with van der Waals surface area (Å²) in [5.74, 6) is 0.528. The highest BCUT2D eigenvalue weighted by molar-refractivity contribution is 7.89. The van der Waals surface area contributed by atoms with Gasteiger partial charge in [0.05, 0.1) is 4.90 Å². The van der Waals surface area contributed by atoms with E-state index in [1.54, 1.807) is 30.3 Å². The van der Waals surface area contributed by atoms with E-state index in [0.29, 0.717) is 28.5 Å². The largest absolute Gasteiger partial charge is 0.441 e. The number of carbonyl (C=O) groups is 1. The number of fused-ring (bicyclic) bond motifs is 1. The Morgan fingerprint density at radius 2 is 1.76 bits per heavy atom. The first kappa shape index (κ1) is 27.5. The summed E-state index contributed by atoms with van der Waals surface area (Å²) in [7, 11) is -3.63. The molecule has 0 aliphatic heterocycles. The molecule has 0 atom stereocenters. The maximum absolute atomic E-state index is 12.8. The first-order chi connectivity index (χ1) is 18.2. The van der Waals surface area contributed by atoms with E-state index in [9.17, 15) is 13.2 Å². The Labute approximate surface area is 224 Å². The number of unbranched alkanes of at least 4 members (excludes halogenated alkanes) is 2. The molecule has 0 aliphatic rings. The topological polar surface area (TPSA) is 101 Å². The number of oxazole rings is 1. The lowest BCUT2D eigenvalue weighted by atomic mass is 10.0. The van der Waals surface area contributed by atoms with Gasteiger partial charge in [0, 0.05) is 24.2 Å². The number of anilines is 1. The van der Waals surface area contributed by atoms with Crippen molar-refractivity contribution in [3.05, 3.63) is 89.3 Å². The van der Waals surface area contributed by atoms with Crippen LogP contribution in [0.4, 0.5) is 5.69 Å². The smallest absolute Gasteiger partial charge is 0.255 e. The molecule has 0 spiro atoms. The zero-order valence-corrected chi connectivity index (χ0v) is 23.0. The summed E-state index contributed by atoms with van der Waals surface area (Å²) in [4.78, 5) is 17.5. The Morgan fingerprint density at radius 3 is 2.50 bits per heavy atom. The van der Waals surface area contributed by atoms with E-state index in [-0.39, 0.29) is 23.8 Å². The van der Waals surface area contributed by atoms with E-state index < -0.39 is 10.0 Å². The van der Waals surface area contributed by atoms with Crippen LogP contribution in [0.2, 0.25) is 0 Å². The van der Waals surface area contributed by atoms with Crippen LogP contribution < -0.4 is 10.0 Å². The van der Waals surface area contributed by atoms with Gasteiger partial charge in [-0.3, -0.25) is 4.79 Å². The molecule has 200 valence electrons. The number of benzene rings is 3. The predicted octanol–water partition coefficient (Wildman–Crippen LogP) is 6.46. The molecule has 2 N–H and O–H groups in total. The fraction of sp³-hybridized carbons (Fsp3) is 0.333. The number of sulfonamides is 1. The average molecular weight is 534 g/mol. The van der Waals surface area contributed by atoms with Crippen LogP contribution in [-0.4, -0.2) is 25.9 Å². The van der Waals surface area contributed by atoms with Gasteiger partial charge in [0.25, 0.3) is 5.91 Å². The molecule has 0 bridgehead atoms. The number of aromatic nitrogens is 1. The highest BCUT2D eigenvalue weighted by Gasteiger charge is 2.15. The van der Waals surface area contributed by atoms with Crippen LogP contribution >= 0.6 is 0 Å². The molecule has 38 heavy (non-hydrogen) atoms. The number of carbonyl (C=O) groups excluding carboxylic acids is 1. The van der Waals surface area contributed by atoms with Gasteiger partial charge in [-0.1, -0.05) is 57.9 Å². The molecule has 0 unspecified atom stereocenters. The molecular formula is C30H35N3O4S. The lowest BCUT2D eigenvalue weighted by Crippen LogP contribution is -2.26. The number of amides is 1. The van der Waals surface area contributed by atoms with E-state index in [4.69, 9.17) is 4.42 Å². The van der Waals surface area contributed by atoms with Crippen LogP contribution in [0.5, 0.6) is 0 Å². The van der Waals surface area contributed by atoms with E-state index in [2.05, 4.69) is 35.8 Å². The first-order valence-electron chi connectivity index (χ1n) is 13.1. The molecule has 0 fully saturated rings. The van der Waals surface area contributed by atoms with Crippen LogP contribution in [0, 0.1) is 0 Å². The number of hydrogen-bond acceptors (Lipinski definition) is 5. The quantitative estimate of drug-likeness (QED) is 0.204. The van der Waals surface area contributed by atoms with Crippen LogP contribution in [0.1, 0.15) is 73.3 Å². The molecule has 3 aromatic carbocycles. The summed E-state index contributed by atoms with van der Waals surface area (Å²) < 4.78 is 33.8. The SMILES string of the molecule is CCCCCc1ccc(S(=O)(=O)NCCc2nc3cc(C(=O)Nc4cccc(C(C)C)c4)ccc3o2)cc1. The van der Waals surface area contributed by atoms with Gasteiger partial charge >= 0.3 is 0 Å². The maximum atomic E-state index is 12.8. The zero-order chi connectivity index (χ0) is 27.1. The second-order valence-corrected chi connectivity index (χ2v) is 11.5. The molecule has 0 saturated carbocycles. The van der Waals surface area contributed by atoms with Crippen LogP contribution in [-0.2, 0) is 22.9 Å². The zero-order valence-electron chi connectivity index (χ0n) is 22.2. The average Bonchev–Trinajstić information content (AvgIpc) is 3.31. The lowest BCUT2D eigenvalue weighted by Gasteiger charge is -2.09. The second kappa shape index (κ2) is 12.4. The van der Waals surface area contributed by atoms with Crippen LogP contribution in [0.3, 0.4) is 0 Å². The molecule has 8 heteroatoms. The number of hydrogen-bond donors (Lipinski definition) is 2. The summed E-state index contributed by atoms with van der Waals surface area (Å²) >= 11 is 0. The molecule has 0 saturated heterocycles. The third-order valence-electron chi connectivity index (χ3n) is 6.44. The Bertz CT molecular complexity index is 1490. The van der Waals surface area contributed by atoms with Gasteiger partial charge in [-0.25, -0.2) is 18.1 Å². The summed E-state index contributed by atoms with van der Waals surface area (Å²) in [6.45, 7) is 6.52. The van der Waals surface area contributed by atoms with Crippen LogP contribution in [0.25, 0.3) is 11.1 Å². The normalized spacial score (nSPS) is 11.8. The molecule has 1 heterocycles. The number of nitrogens with one attached hydrogen (secondary N) is 2. The maximum Gasteiger partial charge on any atom is 0.255 e. The van der Waals surface area contributed by atoms with Crippen molar-refractivity contribution in [2.75, 3.05) is 11.9 Å². The van der Waals surface area contributed by atoms with Gasteiger partial charge in [0.2, 0.25) is 10.0 Å². The third-order valence-corrected chi connectivity index (χ3v) is 7.92. The Morgan fingerprint density at radius 1 is 0.974 bits per heavy atom. The number of aryl methyl sites for hydroxylation is 1. The predicted molar refractivity (Wildman–Crippen MR) is 151 cm³/mol. The first-order valence-corrected chi connectivity index (χ1v) is 14.6. The fourth-order valence-electron chi connectivity index (χ4n) is 4.19. The minimum Gasteiger partial charge on any atom is -0.441 e. The Hall–Kier alpha value is -3.49. The van der Waals surface area contributed by atoms with Crippen molar-refractivity contribution in [2.45, 2.75) is 63.7 Å². The Kier molecular flexibility index (Phi) is 8.97. The van der Waals surface area contributed by atoms with E-state index in [0.717, 1.165) is 36.1 Å². The lowest BCUT2D eigenvalue weighted by molar-refractivity contribution is 0.102. The standard InChI is InChI=1S/C30H35N3O4S/c1-4-5-6-8-22-11-14-26(15-12-22)38(35,36)31-18-17-29-33-27-20-24(13-16-28(27)37-29)30(34)32-25-10-7-9-23(19-25)21(2)3/h7,9-16,19-21,31H,4-6,8,17-18H2,1-3H3,(H,32,34).